The van der Waals surface area contributed by atoms with Crippen LogP contribution in [0, 0.1) is 0 Å². The molecule has 0 fully saturated rings. The van der Waals surface area contributed by atoms with Crippen molar-refractivity contribution >= 4 is 46.6 Å². The first-order valence-corrected chi connectivity index (χ1v) is 8.31. The molecule has 0 unspecified atom stereocenters. The SMILES string of the molecule is CC(=O)Nc1ccc(NC(=O)[C@@H](C)Sc2ccccc2)cc1Cl. The molecule has 2 aromatic rings. The highest BCUT2D eigenvalue weighted by Crippen LogP contribution is 2.27. The van der Waals surface area contributed by atoms with Gasteiger partial charge in [0.05, 0.1) is 16.0 Å². The largest absolute Gasteiger partial charge is 0.325 e. The zero-order valence-electron chi connectivity index (χ0n) is 12.8. The van der Waals surface area contributed by atoms with Crippen molar-refractivity contribution in [2.45, 2.75) is 24.0 Å². The fourth-order valence-corrected chi connectivity index (χ4v) is 3.00. The summed E-state index contributed by atoms with van der Waals surface area (Å²) < 4.78 is 0. The summed E-state index contributed by atoms with van der Waals surface area (Å²) in [5, 5.41) is 5.58. The lowest BCUT2D eigenvalue weighted by Gasteiger charge is -2.13. The Hall–Kier alpha value is -1.98. The van der Waals surface area contributed by atoms with Gasteiger partial charge in [0.2, 0.25) is 11.8 Å². The molecular weight excluding hydrogens is 332 g/mol. The van der Waals surface area contributed by atoms with Crippen molar-refractivity contribution in [1.82, 2.24) is 0 Å². The van der Waals surface area contributed by atoms with Gasteiger partial charge in [0, 0.05) is 17.5 Å². The maximum Gasteiger partial charge on any atom is 0.237 e. The summed E-state index contributed by atoms with van der Waals surface area (Å²) in [5.74, 6) is -0.307. The summed E-state index contributed by atoms with van der Waals surface area (Å²) in [6.45, 7) is 3.26. The molecule has 0 aromatic heterocycles. The standard InChI is InChI=1S/C17H17ClN2O2S/c1-11(23-14-6-4-3-5-7-14)17(22)20-13-8-9-16(15(18)10-13)19-12(2)21/h3-11H,1-2H3,(H,19,21)(H,20,22)/t11-/m1/s1. The highest BCUT2D eigenvalue weighted by molar-refractivity contribution is 8.00. The van der Waals surface area contributed by atoms with E-state index in [0.717, 1.165) is 4.90 Å². The molecule has 0 heterocycles. The van der Waals surface area contributed by atoms with Gasteiger partial charge in [0.15, 0.2) is 0 Å². The molecule has 2 rings (SSSR count). The summed E-state index contributed by atoms with van der Waals surface area (Å²) >= 11 is 7.58. The van der Waals surface area contributed by atoms with E-state index < -0.39 is 0 Å². The summed E-state index contributed by atoms with van der Waals surface area (Å²) in [6.07, 6.45) is 0. The Kier molecular flexibility index (Phi) is 6.07. The quantitative estimate of drug-likeness (QED) is 0.786. The molecule has 0 aliphatic rings. The number of benzene rings is 2. The fraction of sp³-hybridized carbons (Fsp3) is 0.176. The van der Waals surface area contributed by atoms with Gasteiger partial charge in [-0.05, 0) is 37.3 Å². The van der Waals surface area contributed by atoms with Gasteiger partial charge < -0.3 is 10.6 Å². The van der Waals surface area contributed by atoms with Gasteiger partial charge >= 0.3 is 0 Å². The third-order valence-electron chi connectivity index (χ3n) is 2.97. The van der Waals surface area contributed by atoms with Crippen LogP contribution in [0.5, 0.6) is 0 Å². The van der Waals surface area contributed by atoms with Gasteiger partial charge in [-0.2, -0.15) is 0 Å². The predicted molar refractivity (Wildman–Crippen MR) is 96.1 cm³/mol. The van der Waals surface area contributed by atoms with Crippen molar-refractivity contribution in [2.24, 2.45) is 0 Å². The molecule has 4 nitrogen and oxygen atoms in total. The number of amides is 2. The molecule has 2 N–H and O–H groups in total. The third kappa shape index (κ3) is 5.30. The fourth-order valence-electron chi connectivity index (χ4n) is 1.88. The normalized spacial score (nSPS) is 11.6. The van der Waals surface area contributed by atoms with Crippen LogP contribution in [-0.4, -0.2) is 17.1 Å². The van der Waals surface area contributed by atoms with Crippen LogP contribution in [0.4, 0.5) is 11.4 Å². The van der Waals surface area contributed by atoms with E-state index in [4.69, 9.17) is 11.6 Å². The smallest absolute Gasteiger partial charge is 0.237 e. The van der Waals surface area contributed by atoms with E-state index in [9.17, 15) is 9.59 Å². The van der Waals surface area contributed by atoms with E-state index in [1.807, 2.05) is 37.3 Å². The number of hydrogen-bond donors (Lipinski definition) is 2. The molecule has 0 saturated carbocycles. The zero-order valence-corrected chi connectivity index (χ0v) is 14.4. The maximum atomic E-state index is 12.2. The summed E-state index contributed by atoms with van der Waals surface area (Å²) in [4.78, 5) is 24.3. The number of nitrogens with one attached hydrogen (secondary N) is 2. The van der Waals surface area contributed by atoms with Crippen LogP contribution in [0.1, 0.15) is 13.8 Å². The first-order valence-electron chi connectivity index (χ1n) is 7.05. The summed E-state index contributed by atoms with van der Waals surface area (Å²) in [7, 11) is 0. The Morgan fingerprint density at radius 2 is 1.78 bits per heavy atom. The number of rotatable bonds is 5. The molecule has 0 aliphatic carbocycles. The second-order valence-electron chi connectivity index (χ2n) is 4.94. The number of anilines is 2. The average molecular weight is 349 g/mol. The highest BCUT2D eigenvalue weighted by Gasteiger charge is 2.15. The zero-order chi connectivity index (χ0) is 16.8. The molecular formula is C17H17ClN2O2S. The summed E-state index contributed by atoms with van der Waals surface area (Å²) in [5.41, 5.74) is 1.11. The molecule has 1 atom stereocenters. The second kappa shape index (κ2) is 8.04. The van der Waals surface area contributed by atoms with Gasteiger partial charge in [-0.3, -0.25) is 9.59 Å². The minimum atomic E-state index is -0.244. The van der Waals surface area contributed by atoms with Crippen molar-refractivity contribution in [3.63, 3.8) is 0 Å². The molecule has 0 radical (unpaired) electrons. The average Bonchev–Trinajstić information content (AvgIpc) is 2.50. The molecule has 2 aromatic carbocycles. The number of thioether (sulfide) groups is 1. The van der Waals surface area contributed by atoms with E-state index in [-0.39, 0.29) is 17.1 Å². The van der Waals surface area contributed by atoms with Gasteiger partial charge in [-0.25, -0.2) is 0 Å². The topological polar surface area (TPSA) is 58.2 Å². The maximum absolute atomic E-state index is 12.2. The number of halogens is 1. The van der Waals surface area contributed by atoms with E-state index in [0.29, 0.717) is 16.4 Å². The monoisotopic (exact) mass is 348 g/mol. The lowest BCUT2D eigenvalue weighted by atomic mass is 10.2. The number of hydrogen-bond acceptors (Lipinski definition) is 3. The molecule has 6 heteroatoms. The first-order chi connectivity index (χ1) is 11.0. The van der Waals surface area contributed by atoms with Gasteiger partial charge in [-0.1, -0.05) is 29.8 Å². The molecule has 120 valence electrons. The Labute approximate surface area is 144 Å². The summed E-state index contributed by atoms with van der Waals surface area (Å²) in [6, 6.07) is 14.7. The van der Waals surface area contributed by atoms with Crippen LogP contribution < -0.4 is 10.6 Å². The van der Waals surface area contributed by atoms with Crippen molar-refractivity contribution < 1.29 is 9.59 Å². The Morgan fingerprint density at radius 3 is 2.39 bits per heavy atom. The molecule has 2 amide bonds. The molecule has 0 spiro atoms. The van der Waals surface area contributed by atoms with Crippen LogP contribution in [0.2, 0.25) is 5.02 Å². The van der Waals surface area contributed by atoms with Crippen molar-refractivity contribution in [1.29, 1.82) is 0 Å². The Morgan fingerprint density at radius 1 is 1.09 bits per heavy atom. The molecule has 23 heavy (non-hydrogen) atoms. The van der Waals surface area contributed by atoms with E-state index >= 15 is 0 Å². The van der Waals surface area contributed by atoms with Gasteiger partial charge in [-0.15, -0.1) is 11.8 Å². The van der Waals surface area contributed by atoms with Crippen LogP contribution in [-0.2, 0) is 9.59 Å². The number of carbonyl (C=O) groups is 2. The minimum Gasteiger partial charge on any atom is -0.325 e. The van der Waals surface area contributed by atoms with Crippen LogP contribution >= 0.6 is 23.4 Å². The molecule has 0 bridgehead atoms. The highest BCUT2D eigenvalue weighted by atomic mass is 35.5. The van der Waals surface area contributed by atoms with Crippen molar-refractivity contribution in [2.75, 3.05) is 10.6 Å². The van der Waals surface area contributed by atoms with E-state index in [1.54, 1.807) is 18.2 Å². The lowest BCUT2D eigenvalue weighted by Crippen LogP contribution is -2.22. The molecule has 0 saturated heterocycles. The molecule has 0 aliphatic heterocycles. The van der Waals surface area contributed by atoms with Crippen LogP contribution in [0.3, 0.4) is 0 Å². The second-order valence-corrected chi connectivity index (χ2v) is 6.76. The van der Waals surface area contributed by atoms with E-state index in [1.165, 1.54) is 18.7 Å². The Balaban J connectivity index is 1.99. The van der Waals surface area contributed by atoms with Gasteiger partial charge in [0.25, 0.3) is 0 Å². The lowest BCUT2D eigenvalue weighted by molar-refractivity contribution is -0.115. The van der Waals surface area contributed by atoms with Crippen LogP contribution in [0.25, 0.3) is 0 Å². The predicted octanol–water partition coefficient (Wildman–Crippen LogP) is 4.42. The third-order valence-corrected chi connectivity index (χ3v) is 4.40. The van der Waals surface area contributed by atoms with Crippen molar-refractivity contribution in [3.05, 3.63) is 53.6 Å². The van der Waals surface area contributed by atoms with E-state index in [2.05, 4.69) is 10.6 Å². The van der Waals surface area contributed by atoms with Gasteiger partial charge in [0.1, 0.15) is 0 Å². The minimum absolute atomic E-state index is 0.109. The van der Waals surface area contributed by atoms with Crippen molar-refractivity contribution in [3.8, 4) is 0 Å². The van der Waals surface area contributed by atoms with Crippen LogP contribution in [0.15, 0.2) is 53.4 Å². The number of carbonyl (C=O) groups excluding carboxylic acids is 2. The Bertz CT molecular complexity index is 707. The first kappa shape index (κ1) is 17.4.